The van der Waals surface area contributed by atoms with Gasteiger partial charge in [0, 0.05) is 23.1 Å². The quantitative estimate of drug-likeness (QED) is 0.722. The smallest absolute Gasteiger partial charge is 0.314 e. The van der Waals surface area contributed by atoms with E-state index in [-0.39, 0.29) is 11.5 Å². The molecule has 2 aliphatic rings. The Bertz CT molecular complexity index is 964. The molecule has 2 atom stereocenters. The van der Waals surface area contributed by atoms with E-state index in [0.717, 1.165) is 53.3 Å². The van der Waals surface area contributed by atoms with E-state index in [0.29, 0.717) is 11.7 Å². The summed E-state index contributed by atoms with van der Waals surface area (Å²) in [4.78, 5) is 25.5. The van der Waals surface area contributed by atoms with E-state index in [1.54, 1.807) is 16.4 Å². The molecule has 0 bridgehead atoms. The lowest BCUT2D eigenvalue weighted by Gasteiger charge is -2.39. The number of amides is 2. The summed E-state index contributed by atoms with van der Waals surface area (Å²) in [5.41, 5.74) is 4.18. The molecule has 1 aliphatic carbocycles. The average Bonchev–Trinajstić information content (AvgIpc) is 3.23. The van der Waals surface area contributed by atoms with Crippen molar-refractivity contribution < 1.29 is 9.59 Å². The highest BCUT2D eigenvalue weighted by Crippen LogP contribution is 2.39. The highest BCUT2D eigenvalue weighted by Gasteiger charge is 2.34. The van der Waals surface area contributed by atoms with Crippen LogP contribution in [0.15, 0.2) is 24.3 Å². The Morgan fingerprint density at radius 1 is 1.13 bits per heavy atom. The van der Waals surface area contributed by atoms with E-state index in [1.165, 1.54) is 0 Å². The van der Waals surface area contributed by atoms with Crippen LogP contribution < -0.4 is 10.6 Å². The lowest BCUT2D eigenvalue weighted by atomic mass is 9.70. The second-order valence-corrected chi connectivity index (χ2v) is 10.5. The van der Waals surface area contributed by atoms with Crippen molar-refractivity contribution >= 4 is 29.4 Å². The third-order valence-corrected chi connectivity index (χ3v) is 6.96. The Balaban J connectivity index is 1.52. The van der Waals surface area contributed by atoms with Gasteiger partial charge in [-0.3, -0.25) is 9.59 Å². The molecule has 7 heteroatoms. The first-order valence-corrected chi connectivity index (χ1v) is 11.7. The number of fused-ring (bicyclic) bond motifs is 1. The van der Waals surface area contributed by atoms with Crippen molar-refractivity contribution in [3.8, 4) is 5.69 Å². The number of hydrogen-bond donors (Lipinski definition) is 2. The largest absolute Gasteiger partial charge is 0.345 e. The third-order valence-electron chi connectivity index (χ3n) is 5.99. The molecule has 0 radical (unpaired) electrons. The average molecular weight is 427 g/mol. The van der Waals surface area contributed by atoms with Gasteiger partial charge in [-0.25, -0.2) is 4.68 Å². The molecule has 1 aromatic heterocycles. The van der Waals surface area contributed by atoms with Gasteiger partial charge in [0.1, 0.15) is 5.82 Å². The van der Waals surface area contributed by atoms with Gasteiger partial charge < -0.3 is 10.6 Å². The highest BCUT2D eigenvalue weighted by molar-refractivity contribution is 7.98. The van der Waals surface area contributed by atoms with Crippen molar-refractivity contribution in [2.45, 2.75) is 64.5 Å². The van der Waals surface area contributed by atoms with Crippen LogP contribution in [0.3, 0.4) is 0 Å². The predicted octanol–water partition coefficient (Wildman–Crippen LogP) is 4.20. The fourth-order valence-corrected chi connectivity index (χ4v) is 5.92. The standard InChI is InChI=1S/C23H30N4O2S/c1-14-5-7-17(8-6-14)27-20(18-12-30-13-19(18)26-27)25-22(29)21(28)24-16-9-15(2)10-23(3,4)11-16/h5-8,15-16H,9-13H2,1-4H3,(H,24,28)(H,25,29)/t15-,16+/m1/s1. The summed E-state index contributed by atoms with van der Waals surface area (Å²) < 4.78 is 1.75. The second kappa shape index (κ2) is 8.10. The first-order chi connectivity index (χ1) is 14.2. The van der Waals surface area contributed by atoms with Crippen molar-refractivity contribution in [1.29, 1.82) is 0 Å². The maximum Gasteiger partial charge on any atom is 0.314 e. The van der Waals surface area contributed by atoms with Gasteiger partial charge in [-0.15, -0.1) is 0 Å². The molecule has 2 heterocycles. The maximum atomic E-state index is 12.8. The topological polar surface area (TPSA) is 76.0 Å². The number of thioether (sulfide) groups is 1. The minimum absolute atomic E-state index is 0.0327. The molecule has 0 unspecified atom stereocenters. The molecular formula is C23H30N4O2S. The Morgan fingerprint density at radius 2 is 1.87 bits per heavy atom. The van der Waals surface area contributed by atoms with Crippen LogP contribution in [0.5, 0.6) is 0 Å². The van der Waals surface area contributed by atoms with E-state index in [1.807, 2.05) is 31.2 Å². The van der Waals surface area contributed by atoms with Gasteiger partial charge in [-0.1, -0.05) is 38.5 Å². The van der Waals surface area contributed by atoms with Gasteiger partial charge in [0.2, 0.25) is 0 Å². The van der Waals surface area contributed by atoms with Crippen molar-refractivity contribution in [1.82, 2.24) is 15.1 Å². The molecule has 30 heavy (non-hydrogen) atoms. The van der Waals surface area contributed by atoms with Crippen LogP contribution in [0.25, 0.3) is 5.69 Å². The molecule has 160 valence electrons. The Hall–Kier alpha value is -2.28. The molecule has 1 aliphatic heterocycles. The molecule has 2 aromatic rings. The zero-order valence-corrected chi connectivity index (χ0v) is 18.9. The molecule has 2 N–H and O–H groups in total. The summed E-state index contributed by atoms with van der Waals surface area (Å²) in [6.45, 7) is 8.69. The monoisotopic (exact) mass is 426 g/mol. The van der Waals surface area contributed by atoms with Crippen molar-refractivity contribution in [2.24, 2.45) is 11.3 Å². The molecule has 1 fully saturated rings. The number of anilines is 1. The Kier molecular flexibility index (Phi) is 5.66. The number of carbonyl (C=O) groups excluding carboxylic acids is 2. The molecule has 2 amide bonds. The summed E-state index contributed by atoms with van der Waals surface area (Å²) >= 11 is 1.77. The Morgan fingerprint density at radius 3 is 2.57 bits per heavy atom. The molecule has 1 aromatic carbocycles. The molecule has 0 spiro atoms. The van der Waals surface area contributed by atoms with Crippen LogP contribution in [0.1, 0.15) is 56.9 Å². The van der Waals surface area contributed by atoms with Crippen LogP contribution in [0.4, 0.5) is 5.82 Å². The number of hydrogen-bond acceptors (Lipinski definition) is 4. The summed E-state index contributed by atoms with van der Waals surface area (Å²) in [7, 11) is 0. The summed E-state index contributed by atoms with van der Waals surface area (Å²) in [5, 5.41) is 10.5. The number of aryl methyl sites for hydroxylation is 1. The van der Waals surface area contributed by atoms with Crippen LogP contribution >= 0.6 is 11.8 Å². The summed E-state index contributed by atoms with van der Waals surface area (Å²) in [6.07, 6.45) is 2.95. The van der Waals surface area contributed by atoms with E-state index in [2.05, 4.69) is 31.4 Å². The first kappa shape index (κ1) is 21.0. The maximum absolute atomic E-state index is 12.8. The minimum atomic E-state index is -0.626. The number of nitrogens with zero attached hydrogens (tertiary/aromatic N) is 2. The van der Waals surface area contributed by atoms with Gasteiger partial charge in [0.15, 0.2) is 0 Å². The first-order valence-electron chi connectivity index (χ1n) is 10.6. The third kappa shape index (κ3) is 4.41. The van der Waals surface area contributed by atoms with E-state index in [4.69, 9.17) is 5.10 Å². The van der Waals surface area contributed by atoms with E-state index in [9.17, 15) is 9.59 Å². The molecular weight excluding hydrogens is 396 g/mol. The lowest BCUT2D eigenvalue weighted by molar-refractivity contribution is -0.137. The zero-order chi connectivity index (χ0) is 21.5. The fourth-order valence-electron chi connectivity index (χ4n) is 4.89. The fraction of sp³-hybridized carbons (Fsp3) is 0.522. The minimum Gasteiger partial charge on any atom is -0.345 e. The van der Waals surface area contributed by atoms with Gasteiger partial charge in [-0.05, 0) is 49.7 Å². The van der Waals surface area contributed by atoms with E-state index >= 15 is 0 Å². The van der Waals surface area contributed by atoms with Crippen LogP contribution in [-0.4, -0.2) is 27.6 Å². The summed E-state index contributed by atoms with van der Waals surface area (Å²) in [5.74, 6) is 1.55. The number of carbonyl (C=O) groups is 2. The van der Waals surface area contributed by atoms with E-state index < -0.39 is 11.8 Å². The molecule has 1 saturated carbocycles. The molecule has 0 saturated heterocycles. The SMILES string of the molecule is Cc1ccc(-n2nc3c(c2NC(=O)C(=O)N[C@H]2C[C@@H](C)CC(C)(C)C2)CSC3)cc1. The van der Waals surface area contributed by atoms with Crippen molar-refractivity contribution in [3.05, 3.63) is 41.1 Å². The van der Waals surface area contributed by atoms with Crippen molar-refractivity contribution in [2.75, 3.05) is 5.32 Å². The van der Waals surface area contributed by atoms with Crippen LogP contribution in [0.2, 0.25) is 0 Å². The normalized spacial score (nSPS) is 22.4. The number of benzene rings is 1. The Labute approximate surface area is 182 Å². The van der Waals surface area contributed by atoms with Crippen molar-refractivity contribution in [3.63, 3.8) is 0 Å². The predicted molar refractivity (Wildman–Crippen MR) is 121 cm³/mol. The highest BCUT2D eigenvalue weighted by atomic mass is 32.2. The lowest BCUT2D eigenvalue weighted by Crippen LogP contribution is -2.46. The van der Waals surface area contributed by atoms with Crippen LogP contribution in [0, 0.1) is 18.3 Å². The molecule has 4 rings (SSSR count). The number of nitrogens with one attached hydrogen (secondary N) is 2. The van der Waals surface area contributed by atoms with Gasteiger partial charge in [-0.2, -0.15) is 16.9 Å². The van der Waals surface area contributed by atoms with Crippen LogP contribution in [-0.2, 0) is 21.1 Å². The number of rotatable bonds is 3. The van der Waals surface area contributed by atoms with Gasteiger partial charge in [0.05, 0.1) is 11.4 Å². The summed E-state index contributed by atoms with van der Waals surface area (Å²) in [6, 6.07) is 8.02. The van der Waals surface area contributed by atoms with Gasteiger partial charge >= 0.3 is 11.8 Å². The second-order valence-electron chi connectivity index (χ2n) is 9.55. The zero-order valence-electron chi connectivity index (χ0n) is 18.1. The van der Waals surface area contributed by atoms with Gasteiger partial charge in [0.25, 0.3) is 0 Å². The number of aromatic nitrogens is 2. The molecule has 6 nitrogen and oxygen atoms in total.